The van der Waals surface area contributed by atoms with Crippen LogP contribution >= 0.6 is 11.6 Å². The zero-order chi connectivity index (χ0) is 26.7. The number of aliphatic imine (C=N–C) groups is 2. The Hall–Kier alpha value is -2.45. The van der Waals surface area contributed by atoms with E-state index < -0.39 is 0 Å². The molecule has 0 aliphatic heterocycles. The van der Waals surface area contributed by atoms with Gasteiger partial charge >= 0.3 is 0 Å². The van der Waals surface area contributed by atoms with E-state index in [4.69, 9.17) is 21.6 Å². The second-order valence-electron chi connectivity index (χ2n) is 10.7. The molecule has 36 heavy (non-hydrogen) atoms. The van der Waals surface area contributed by atoms with Crippen LogP contribution in [0.3, 0.4) is 0 Å². The van der Waals surface area contributed by atoms with Crippen LogP contribution in [0, 0.1) is 12.3 Å². The van der Waals surface area contributed by atoms with Gasteiger partial charge in [-0.15, -0.1) is 0 Å². The Bertz CT molecular complexity index is 1100. The maximum Gasteiger partial charge on any atom is 0.0540 e. The SMILES string of the molecule is CCC=C(CCN=C(C)/C(C)=C/C(=NC(CC)Cc1ccccc1)C(C)(C)C)c1cc(Cl)ccc1C. The maximum atomic E-state index is 6.29. The highest BCUT2D eigenvalue weighted by molar-refractivity contribution is 6.30. The van der Waals surface area contributed by atoms with Crippen LogP contribution in [0.2, 0.25) is 5.02 Å². The highest BCUT2D eigenvalue weighted by Crippen LogP contribution is 2.26. The summed E-state index contributed by atoms with van der Waals surface area (Å²) < 4.78 is 0. The first-order valence-electron chi connectivity index (χ1n) is 13.3. The Morgan fingerprint density at radius 3 is 2.33 bits per heavy atom. The third-order valence-corrected chi connectivity index (χ3v) is 6.76. The van der Waals surface area contributed by atoms with Gasteiger partial charge in [0.15, 0.2) is 0 Å². The number of rotatable bonds is 11. The predicted molar refractivity (Wildman–Crippen MR) is 162 cm³/mol. The average molecular weight is 505 g/mol. The van der Waals surface area contributed by atoms with Crippen LogP contribution in [-0.4, -0.2) is 24.0 Å². The van der Waals surface area contributed by atoms with Crippen LogP contribution in [0.4, 0.5) is 0 Å². The van der Waals surface area contributed by atoms with Gasteiger partial charge in [-0.05, 0) is 92.5 Å². The van der Waals surface area contributed by atoms with Gasteiger partial charge < -0.3 is 0 Å². The lowest BCUT2D eigenvalue weighted by atomic mass is 9.87. The highest BCUT2D eigenvalue weighted by Gasteiger charge is 2.19. The Morgan fingerprint density at radius 1 is 1.03 bits per heavy atom. The molecule has 0 bridgehead atoms. The van der Waals surface area contributed by atoms with Crippen LogP contribution in [0.1, 0.15) is 84.4 Å². The second kappa shape index (κ2) is 14.3. The third-order valence-electron chi connectivity index (χ3n) is 6.53. The average Bonchev–Trinajstić information content (AvgIpc) is 2.83. The van der Waals surface area contributed by atoms with Crippen molar-refractivity contribution in [3.63, 3.8) is 0 Å². The Kier molecular flexibility index (Phi) is 11.9. The molecule has 1 atom stereocenters. The Balaban J connectivity index is 2.21. The van der Waals surface area contributed by atoms with Crippen molar-refractivity contribution < 1.29 is 0 Å². The van der Waals surface area contributed by atoms with E-state index in [0.717, 1.165) is 48.7 Å². The first-order valence-corrected chi connectivity index (χ1v) is 13.7. The van der Waals surface area contributed by atoms with Crippen molar-refractivity contribution in [3.8, 4) is 0 Å². The number of halogens is 1. The minimum Gasteiger partial charge on any atom is -0.289 e. The van der Waals surface area contributed by atoms with Crippen LogP contribution in [-0.2, 0) is 6.42 Å². The van der Waals surface area contributed by atoms with Gasteiger partial charge in [0.25, 0.3) is 0 Å². The molecule has 2 nitrogen and oxygen atoms in total. The molecule has 2 rings (SSSR count). The standard InChI is InChI=1S/C33H45ClN2/c1-9-14-28(31-23-29(34)18-17-24(31)3)19-20-35-26(5)25(4)21-32(33(6,7)8)36-30(10-2)22-27-15-12-11-13-16-27/h11-18,21,23,30H,9-10,19-20,22H2,1-8H3/b25-21+,28-14?,35-26?,36-32?. The summed E-state index contributed by atoms with van der Waals surface area (Å²) in [6, 6.07) is 17.1. The number of nitrogens with zero attached hydrogens (tertiary/aromatic N) is 2. The molecule has 0 aliphatic carbocycles. The molecule has 0 radical (unpaired) electrons. The van der Waals surface area contributed by atoms with Gasteiger partial charge in [-0.25, -0.2) is 0 Å². The molecule has 0 fully saturated rings. The summed E-state index contributed by atoms with van der Waals surface area (Å²) in [5.74, 6) is 0. The molecule has 194 valence electrons. The Labute approximate surface area is 225 Å². The molecule has 0 heterocycles. The highest BCUT2D eigenvalue weighted by atomic mass is 35.5. The number of aryl methyl sites for hydroxylation is 1. The van der Waals surface area contributed by atoms with Crippen molar-refractivity contribution >= 4 is 28.6 Å². The summed E-state index contributed by atoms with van der Waals surface area (Å²) in [6.07, 6.45) is 8.42. The number of hydrogen-bond donors (Lipinski definition) is 0. The van der Waals surface area contributed by atoms with Crippen LogP contribution in [0.5, 0.6) is 0 Å². The van der Waals surface area contributed by atoms with E-state index in [1.165, 1.54) is 27.8 Å². The van der Waals surface area contributed by atoms with Crippen molar-refractivity contribution in [2.24, 2.45) is 15.4 Å². The van der Waals surface area contributed by atoms with Crippen LogP contribution in [0.25, 0.3) is 5.57 Å². The van der Waals surface area contributed by atoms with Gasteiger partial charge in [0.1, 0.15) is 0 Å². The lowest BCUT2D eigenvalue weighted by Crippen LogP contribution is -2.22. The minimum absolute atomic E-state index is 0.0349. The molecule has 0 amide bonds. The van der Waals surface area contributed by atoms with E-state index in [-0.39, 0.29) is 11.5 Å². The zero-order valence-corrected chi connectivity index (χ0v) is 24.4. The third kappa shape index (κ3) is 9.54. The van der Waals surface area contributed by atoms with E-state index >= 15 is 0 Å². The lowest BCUT2D eigenvalue weighted by molar-refractivity contribution is 0.571. The summed E-state index contributed by atoms with van der Waals surface area (Å²) in [5.41, 5.74) is 8.49. The van der Waals surface area contributed by atoms with Gasteiger partial charge in [-0.1, -0.05) is 88.7 Å². The molecule has 1 unspecified atom stereocenters. The summed E-state index contributed by atoms with van der Waals surface area (Å²) in [5, 5.41) is 0.780. The van der Waals surface area contributed by atoms with E-state index in [1.54, 1.807) is 0 Å². The van der Waals surface area contributed by atoms with Gasteiger partial charge in [-0.2, -0.15) is 0 Å². The van der Waals surface area contributed by atoms with E-state index in [0.29, 0.717) is 0 Å². The monoisotopic (exact) mass is 504 g/mol. The van der Waals surface area contributed by atoms with Gasteiger partial charge in [0, 0.05) is 28.4 Å². The van der Waals surface area contributed by atoms with Crippen molar-refractivity contribution in [1.82, 2.24) is 0 Å². The van der Waals surface area contributed by atoms with Crippen LogP contribution in [0.15, 0.2) is 76.2 Å². The Morgan fingerprint density at radius 2 is 1.72 bits per heavy atom. The molecule has 0 spiro atoms. The van der Waals surface area contributed by atoms with E-state index in [2.05, 4.69) is 110 Å². The van der Waals surface area contributed by atoms with E-state index in [9.17, 15) is 0 Å². The first kappa shape index (κ1) is 29.8. The molecule has 0 aliphatic rings. The fourth-order valence-electron chi connectivity index (χ4n) is 4.12. The lowest BCUT2D eigenvalue weighted by Gasteiger charge is -2.23. The van der Waals surface area contributed by atoms with Crippen molar-refractivity contribution in [3.05, 3.63) is 88.0 Å². The smallest absolute Gasteiger partial charge is 0.0540 e. The maximum absolute atomic E-state index is 6.29. The first-order chi connectivity index (χ1) is 17.0. The molecule has 0 aromatic heterocycles. The fraction of sp³-hybridized carbons (Fsp3) is 0.455. The largest absolute Gasteiger partial charge is 0.289 e. The minimum atomic E-state index is -0.0349. The fourth-order valence-corrected chi connectivity index (χ4v) is 4.30. The molecule has 0 saturated carbocycles. The van der Waals surface area contributed by atoms with Crippen LogP contribution < -0.4 is 0 Å². The van der Waals surface area contributed by atoms with E-state index in [1.807, 2.05) is 6.07 Å². The molecule has 2 aromatic carbocycles. The van der Waals surface area contributed by atoms with Crippen molar-refractivity contribution in [1.29, 1.82) is 0 Å². The van der Waals surface area contributed by atoms with Gasteiger partial charge in [0.05, 0.1) is 6.04 Å². The number of benzene rings is 2. The normalized spacial score (nSPS) is 14.8. The quantitative estimate of drug-likeness (QED) is 0.272. The summed E-state index contributed by atoms with van der Waals surface area (Å²) in [7, 11) is 0. The number of hydrogen-bond acceptors (Lipinski definition) is 2. The summed E-state index contributed by atoms with van der Waals surface area (Å²) >= 11 is 6.29. The molecule has 2 aromatic rings. The summed E-state index contributed by atoms with van der Waals surface area (Å²) in [6.45, 7) is 18.3. The second-order valence-corrected chi connectivity index (χ2v) is 11.1. The summed E-state index contributed by atoms with van der Waals surface area (Å²) in [4.78, 5) is 10.2. The molecular weight excluding hydrogens is 460 g/mol. The molecule has 3 heteroatoms. The zero-order valence-electron chi connectivity index (χ0n) is 23.7. The molecule has 0 saturated heterocycles. The molecule has 0 N–H and O–H groups in total. The van der Waals surface area contributed by atoms with Gasteiger partial charge in [0.2, 0.25) is 0 Å². The van der Waals surface area contributed by atoms with Crippen molar-refractivity contribution in [2.75, 3.05) is 6.54 Å². The topological polar surface area (TPSA) is 24.7 Å². The predicted octanol–water partition coefficient (Wildman–Crippen LogP) is 9.75. The van der Waals surface area contributed by atoms with Crippen molar-refractivity contribution in [2.45, 2.75) is 87.1 Å². The van der Waals surface area contributed by atoms with Gasteiger partial charge in [-0.3, -0.25) is 9.98 Å². The number of allylic oxidation sites excluding steroid dienone is 3. The molecular formula is C33H45ClN2.